The SMILES string of the molecule is CC(C)Oc1cccc(CN2CCC3(CC2C)CC(F)(F)C(=O)N3c2cccc(F)c2)c1. The van der Waals surface area contributed by atoms with Crippen molar-refractivity contribution in [1.29, 1.82) is 0 Å². The van der Waals surface area contributed by atoms with Crippen LogP contribution in [0.4, 0.5) is 18.9 Å². The molecule has 0 aliphatic carbocycles. The fourth-order valence-electron chi connectivity index (χ4n) is 5.13. The Morgan fingerprint density at radius 3 is 2.59 bits per heavy atom. The van der Waals surface area contributed by atoms with E-state index in [2.05, 4.69) is 4.90 Å². The van der Waals surface area contributed by atoms with Gasteiger partial charge in [-0.1, -0.05) is 18.2 Å². The maximum atomic E-state index is 14.6. The lowest BCUT2D eigenvalue weighted by Gasteiger charge is -2.47. The van der Waals surface area contributed by atoms with Crippen molar-refractivity contribution in [2.24, 2.45) is 0 Å². The number of carbonyl (C=O) groups excluding carboxylic acids is 1. The van der Waals surface area contributed by atoms with E-state index >= 15 is 0 Å². The van der Waals surface area contributed by atoms with E-state index in [0.29, 0.717) is 25.9 Å². The number of halogens is 3. The van der Waals surface area contributed by atoms with E-state index in [1.807, 2.05) is 45.0 Å². The minimum absolute atomic E-state index is 0.0313. The van der Waals surface area contributed by atoms with Crippen LogP contribution in [0.1, 0.15) is 45.6 Å². The van der Waals surface area contributed by atoms with Gasteiger partial charge >= 0.3 is 5.92 Å². The summed E-state index contributed by atoms with van der Waals surface area (Å²) in [6, 6.07) is 13.3. The number of hydrogen-bond donors (Lipinski definition) is 0. The number of rotatable bonds is 5. The third kappa shape index (κ3) is 4.35. The van der Waals surface area contributed by atoms with Gasteiger partial charge in [0.05, 0.1) is 11.6 Å². The molecule has 2 saturated heterocycles. The van der Waals surface area contributed by atoms with Gasteiger partial charge in [0.2, 0.25) is 0 Å². The minimum Gasteiger partial charge on any atom is -0.491 e. The molecule has 2 atom stereocenters. The van der Waals surface area contributed by atoms with E-state index in [0.717, 1.165) is 17.4 Å². The average Bonchev–Trinajstić information content (AvgIpc) is 2.89. The monoisotopic (exact) mass is 446 g/mol. The molecule has 2 heterocycles. The summed E-state index contributed by atoms with van der Waals surface area (Å²) in [5, 5.41) is 0. The predicted molar refractivity (Wildman–Crippen MR) is 117 cm³/mol. The molecule has 0 bridgehead atoms. The van der Waals surface area contributed by atoms with Crippen molar-refractivity contribution in [3.05, 3.63) is 59.9 Å². The van der Waals surface area contributed by atoms with Crippen molar-refractivity contribution in [3.8, 4) is 5.75 Å². The van der Waals surface area contributed by atoms with Crippen LogP contribution in [0.5, 0.6) is 5.75 Å². The van der Waals surface area contributed by atoms with Gasteiger partial charge in [-0.2, -0.15) is 8.78 Å². The standard InChI is InChI=1S/C25H29F3N2O2/c1-17(2)32-22-9-4-6-19(12-22)15-29-11-10-24(14-18(29)3)16-25(27,28)23(31)30(24)21-8-5-7-20(26)13-21/h4-9,12-13,17-18H,10-11,14-16H2,1-3H3. The Hall–Kier alpha value is -2.54. The number of alkyl halides is 2. The quantitative estimate of drug-likeness (QED) is 0.616. The third-order valence-electron chi connectivity index (χ3n) is 6.43. The maximum absolute atomic E-state index is 14.6. The number of piperidine rings is 1. The van der Waals surface area contributed by atoms with Gasteiger partial charge in [0.15, 0.2) is 0 Å². The summed E-state index contributed by atoms with van der Waals surface area (Å²) < 4.78 is 48.8. The molecule has 0 radical (unpaired) electrons. The number of likely N-dealkylation sites (tertiary alicyclic amines) is 1. The zero-order chi connectivity index (χ0) is 23.1. The van der Waals surface area contributed by atoms with Crippen molar-refractivity contribution >= 4 is 11.6 Å². The second-order valence-corrected chi connectivity index (χ2v) is 9.31. The van der Waals surface area contributed by atoms with Crippen LogP contribution in [0.25, 0.3) is 0 Å². The van der Waals surface area contributed by atoms with Crippen molar-refractivity contribution in [2.45, 2.75) is 70.2 Å². The topological polar surface area (TPSA) is 32.8 Å². The second-order valence-electron chi connectivity index (χ2n) is 9.31. The molecule has 2 fully saturated rings. The van der Waals surface area contributed by atoms with Crippen molar-refractivity contribution < 1.29 is 22.7 Å². The number of hydrogen-bond acceptors (Lipinski definition) is 3. The summed E-state index contributed by atoms with van der Waals surface area (Å²) in [5.41, 5.74) is 0.263. The predicted octanol–water partition coefficient (Wildman–Crippen LogP) is 5.41. The van der Waals surface area contributed by atoms with Crippen molar-refractivity contribution in [1.82, 2.24) is 4.90 Å². The number of nitrogens with zero attached hydrogens (tertiary/aromatic N) is 2. The lowest BCUT2D eigenvalue weighted by Crippen LogP contribution is -2.56. The Bertz CT molecular complexity index is 997. The highest BCUT2D eigenvalue weighted by Gasteiger charge is 2.62. The summed E-state index contributed by atoms with van der Waals surface area (Å²) in [7, 11) is 0. The van der Waals surface area contributed by atoms with Crippen molar-refractivity contribution in [3.63, 3.8) is 0 Å². The third-order valence-corrected chi connectivity index (χ3v) is 6.43. The zero-order valence-electron chi connectivity index (χ0n) is 18.7. The number of carbonyl (C=O) groups is 1. The van der Waals surface area contributed by atoms with E-state index in [1.54, 1.807) is 0 Å². The van der Waals surface area contributed by atoms with Gasteiger partial charge in [-0.15, -0.1) is 0 Å². The molecule has 0 N–H and O–H groups in total. The first-order valence-corrected chi connectivity index (χ1v) is 11.1. The summed E-state index contributed by atoms with van der Waals surface area (Å²) >= 11 is 0. The maximum Gasteiger partial charge on any atom is 0.327 e. The van der Waals surface area contributed by atoms with Gasteiger partial charge in [0.1, 0.15) is 11.6 Å². The number of anilines is 1. The van der Waals surface area contributed by atoms with Crippen LogP contribution in [0.3, 0.4) is 0 Å². The Morgan fingerprint density at radius 2 is 1.91 bits per heavy atom. The Balaban J connectivity index is 1.55. The molecule has 4 nitrogen and oxygen atoms in total. The van der Waals surface area contributed by atoms with Gasteiger partial charge < -0.3 is 9.64 Å². The van der Waals surface area contributed by atoms with Crippen LogP contribution in [-0.4, -0.2) is 41.0 Å². The van der Waals surface area contributed by atoms with E-state index < -0.39 is 29.6 Å². The lowest BCUT2D eigenvalue weighted by molar-refractivity contribution is -0.137. The van der Waals surface area contributed by atoms with Gasteiger partial charge in [0, 0.05) is 31.2 Å². The molecule has 0 aromatic heterocycles. The Morgan fingerprint density at radius 1 is 1.16 bits per heavy atom. The molecule has 2 aliphatic rings. The van der Waals surface area contributed by atoms with Gasteiger partial charge in [0.25, 0.3) is 5.91 Å². The van der Waals surface area contributed by atoms with E-state index in [9.17, 15) is 18.0 Å². The van der Waals surface area contributed by atoms with Crippen LogP contribution in [0.15, 0.2) is 48.5 Å². The van der Waals surface area contributed by atoms with E-state index in [1.165, 1.54) is 23.1 Å². The van der Waals surface area contributed by atoms with Crippen LogP contribution in [0.2, 0.25) is 0 Å². The fraction of sp³-hybridized carbons (Fsp3) is 0.480. The molecule has 2 aromatic carbocycles. The van der Waals surface area contributed by atoms with Gasteiger partial charge in [-0.25, -0.2) is 4.39 Å². The summed E-state index contributed by atoms with van der Waals surface area (Å²) in [5.74, 6) is -4.43. The van der Waals surface area contributed by atoms with Crippen molar-refractivity contribution in [2.75, 3.05) is 11.4 Å². The molecule has 172 valence electrons. The highest BCUT2D eigenvalue weighted by atomic mass is 19.3. The minimum atomic E-state index is -3.45. The molecule has 1 amide bonds. The molecular formula is C25H29F3N2O2. The van der Waals surface area contributed by atoms with Gasteiger partial charge in [-0.3, -0.25) is 9.69 Å². The molecule has 7 heteroatoms. The zero-order valence-corrected chi connectivity index (χ0v) is 18.7. The first-order valence-electron chi connectivity index (χ1n) is 11.1. The summed E-state index contributed by atoms with van der Waals surface area (Å²) in [6.45, 7) is 7.17. The molecular weight excluding hydrogens is 417 g/mol. The Labute approximate surface area is 187 Å². The molecule has 2 aliphatic heterocycles. The first kappa shape index (κ1) is 22.6. The molecule has 0 saturated carbocycles. The Kier molecular flexibility index (Phi) is 5.96. The fourth-order valence-corrected chi connectivity index (χ4v) is 5.13. The first-order chi connectivity index (χ1) is 15.1. The number of ether oxygens (including phenoxy) is 1. The van der Waals surface area contributed by atoms with E-state index in [4.69, 9.17) is 4.74 Å². The van der Waals surface area contributed by atoms with Crippen LogP contribution in [-0.2, 0) is 11.3 Å². The summed E-state index contributed by atoms with van der Waals surface area (Å²) in [4.78, 5) is 16.1. The second kappa shape index (κ2) is 8.43. The average molecular weight is 447 g/mol. The normalized spacial score (nSPS) is 25.7. The molecule has 2 unspecified atom stereocenters. The summed E-state index contributed by atoms with van der Waals surface area (Å²) in [6.07, 6.45) is 0.338. The highest BCUT2D eigenvalue weighted by molar-refractivity contribution is 6.02. The largest absolute Gasteiger partial charge is 0.491 e. The molecule has 1 spiro atoms. The number of amides is 1. The number of benzene rings is 2. The molecule has 4 rings (SSSR count). The van der Waals surface area contributed by atoms with Gasteiger partial charge in [-0.05, 0) is 69.5 Å². The molecule has 32 heavy (non-hydrogen) atoms. The smallest absolute Gasteiger partial charge is 0.327 e. The van der Waals surface area contributed by atoms with Crippen LogP contribution < -0.4 is 9.64 Å². The molecule has 2 aromatic rings. The van der Waals surface area contributed by atoms with Crippen LogP contribution in [0, 0.1) is 5.82 Å². The lowest BCUT2D eigenvalue weighted by atomic mass is 9.80. The van der Waals surface area contributed by atoms with E-state index in [-0.39, 0.29) is 17.8 Å². The van der Waals surface area contributed by atoms with Crippen LogP contribution >= 0.6 is 0 Å². The highest BCUT2D eigenvalue weighted by Crippen LogP contribution is 2.49.